The molecule has 3 unspecified atom stereocenters. The summed E-state index contributed by atoms with van der Waals surface area (Å²) in [5.74, 6) is 2.59. The largest absolute Gasteiger partial charge is 0.324 e. The van der Waals surface area contributed by atoms with Crippen LogP contribution >= 0.6 is 11.6 Å². The maximum atomic E-state index is 6.39. The topological polar surface area (TPSA) is 17.8 Å². The number of para-hydroxylation sites is 2. The van der Waals surface area contributed by atoms with Crippen molar-refractivity contribution in [3.05, 3.63) is 30.1 Å². The van der Waals surface area contributed by atoms with E-state index in [1.54, 1.807) is 0 Å². The molecule has 3 atom stereocenters. The van der Waals surface area contributed by atoms with Crippen LogP contribution in [0.5, 0.6) is 0 Å². The van der Waals surface area contributed by atoms with Gasteiger partial charge < -0.3 is 4.57 Å². The van der Waals surface area contributed by atoms with Gasteiger partial charge in [-0.2, -0.15) is 0 Å². The molecule has 3 rings (SSSR count). The molecule has 3 heteroatoms. The van der Waals surface area contributed by atoms with Crippen LogP contribution < -0.4 is 0 Å². The van der Waals surface area contributed by atoms with E-state index in [2.05, 4.69) is 42.7 Å². The third-order valence-electron chi connectivity index (χ3n) is 4.50. The molecule has 0 radical (unpaired) electrons. The molecule has 1 saturated carbocycles. The Morgan fingerprint density at radius 1 is 1.15 bits per heavy atom. The minimum Gasteiger partial charge on any atom is -0.324 e. The third-order valence-corrected chi connectivity index (χ3v) is 4.69. The van der Waals surface area contributed by atoms with Crippen LogP contribution in [0.4, 0.5) is 0 Å². The number of benzene rings is 1. The van der Waals surface area contributed by atoms with Crippen LogP contribution in [0.25, 0.3) is 11.0 Å². The number of rotatable bonds is 2. The van der Waals surface area contributed by atoms with E-state index < -0.39 is 0 Å². The van der Waals surface area contributed by atoms with Crippen molar-refractivity contribution in [1.82, 2.24) is 9.55 Å². The monoisotopic (exact) mass is 290 g/mol. The molecule has 2 nitrogen and oxygen atoms in total. The Morgan fingerprint density at radius 2 is 1.80 bits per heavy atom. The molecule has 1 aromatic carbocycles. The van der Waals surface area contributed by atoms with Crippen LogP contribution in [0.2, 0.25) is 0 Å². The zero-order valence-electron chi connectivity index (χ0n) is 12.5. The molecule has 0 amide bonds. The molecule has 1 heterocycles. The van der Waals surface area contributed by atoms with Gasteiger partial charge in [-0.25, -0.2) is 4.98 Å². The zero-order chi connectivity index (χ0) is 14.3. The molecule has 1 aliphatic carbocycles. The van der Waals surface area contributed by atoms with Gasteiger partial charge in [-0.05, 0) is 50.2 Å². The van der Waals surface area contributed by atoms with Crippen molar-refractivity contribution >= 4 is 22.6 Å². The SMILES string of the molecule is CC1CC(C)CC(n2c(C(C)Cl)nc3ccccc32)C1. The van der Waals surface area contributed by atoms with Gasteiger partial charge in [0.2, 0.25) is 0 Å². The van der Waals surface area contributed by atoms with Crippen molar-refractivity contribution in [2.24, 2.45) is 11.8 Å². The Kier molecular flexibility index (Phi) is 3.76. The van der Waals surface area contributed by atoms with Gasteiger partial charge in [-0.3, -0.25) is 0 Å². The van der Waals surface area contributed by atoms with Crippen molar-refractivity contribution in [1.29, 1.82) is 0 Å². The van der Waals surface area contributed by atoms with E-state index in [0.29, 0.717) is 6.04 Å². The first-order valence-electron chi connectivity index (χ1n) is 7.67. The maximum Gasteiger partial charge on any atom is 0.127 e. The number of aromatic nitrogens is 2. The fourth-order valence-corrected chi connectivity index (χ4v) is 4.00. The molecule has 20 heavy (non-hydrogen) atoms. The quantitative estimate of drug-likeness (QED) is 0.683. The molecule has 0 saturated heterocycles. The number of nitrogens with zero attached hydrogens (tertiary/aromatic N) is 2. The van der Waals surface area contributed by atoms with E-state index in [-0.39, 0.29) is 5.38 Å². The molecule has 0 spiro atoms. The average molecular weight is 291 g/mol. The molecular weight excluding hydrogens is 268 g/mol. The van der Waals surface area contributed by atoms with Crippen molar-refractivity contribution in [3.63, 3.8) is 0 Å². The predicted octanol–water partition coefficient (Wildman–Crippen LogP) is 5.33. The van der Waals surface area contributed by atoms with Crippen LogP contribution in [0.15, 0.2) is 24.3 Å². The van der Waals surface area contributed by atoms with E-state index in [1.165, 1.54) is 24.8 Å². The highest BCUT2D eigenvalue weighted by Gasteiger charge is 2.28. The van der Waals surface area contributed by atoms with E-state index in [0.717, 1.165) is 23.2 Å². The summed E-state index contributed by atoms with van der Waals surface area (Å²) in [5.41, 5.74) is 2.31. The second-order valence-corrected chi connectivity index (χ2v) is 7.17. The fourth-order valence-electron chi connectivity index (χ4n) is 3.84. The number of fused-ring (bicyclic) bond motifs is 1. The molecular formula is C17H23ClN2. The van der Waals surface area contributed by atoms with Crippen molar-refractivity contribution in [3.8, 4) is 0 Å². The lowest BCUT2D eigenvalue weighted by molar-refractivity contribution is 0.221. The molecule has 1 aliphatic rings. The molecule has 0 aliphatic heterocycles. The molecule has 0 N–H and O–H groups in total. The number of hydrogen-bond donors (Lipinski definition) is 0. The second kappa shape index (κ2) is 5.40. The van der Waals surface area contributed by atoms with Crippen molar-refractivity contribution in [2.45, 2.75) is 51.5 Å². The lowest BCUT2D eigenvalue weighted by atomic mass is 9.80. The second-order valence-electron chi connectivity index (χ2n) is 6.52. The molecule has 1 fully saturated rings. The summed E-state index contributed by atoms with van der Waals surface area (Å²) >= 11 is 6.39. The molecule has 0 bridgehead atoms. The van der Waals surface area contributed by atoms with Gasteiger partial charge in [0.05, 0.1) is 16.4 Å². The van der Waals surface area contributed by atoms with E-state index in [1.807, 2.05) is 6.92 Å². The van der Waals surface area contributed by atoms with Crippen LogP contribution in [0.1, 0.15) is 57.3 Å². The van der Waals surface area contributed by atoms with E-state index in [9.17, 15) is 0 Å². The fraction of sp³-hybridized carbons (Fsp3) is 0.588. The first-order valence-corrected chi connectivity index (χ1v) is 8.10. The first kappa shape index (κ1) is 13.9. The Bertz CT molecular complexity index is 592. The summed E-state index contributed by atoms with van der Waals surface area (Å²) in [6.45, 7) is 6.76. The number of halogens is 1. The molecule has 2 aromatic rings. The summed E-state index contributed by atoms with van der Waals surface area (Å²) in [7, 11) is 0. The minimum atomic E-state index is -0.0464. The Labute approximate surface area is 126 Å². The number of alkyl halides is 1. The highest BCUT2D eigenvalue weighted by Crippen LogP contribution is 2.39. The smallest absolute Gasteiger partial charge is 0.127 e. The van der Waals surface area contributed by atoms with Crippen molar-refractivity contribution in [2.75, 3.05) is 0 Å². The summed E-state index contributed by atoms with van der Waals surface area (Å²) in [6, 6.07) is 8.95. The van der Waals surface area contributed by atoms with Gasteiger partial charge in [0.1, 0.15) is 5.82 Å². The standard InChI is InChI=1S/C17H23ClN2/c1-11-8-12(2)10-14(9-11)20-16-7-5-4-6-15(16)19-17(20)13(3)18/h4-7,11-14H,8-10H2,1-3H3. The van der Waals surface area contributed by atoms with Crippen LogP contribution in [0, 0.1) is 11.8 Å². The summed E-state index contributed by atoms with van der Waals surface area (Å²) in [6.07, 6.45) is 3.82. The lowest BCUT2D eigenvalue weighted by Gasteiger charge is -2.33. The maximum absolute atomic E-state index is 6.39. The van der Waals surface area contributed by atoms with E-state index in [4.69, 9.17) is 16.6 Å². The summed E-state index contributed by atoms with van der Waals surface area (Å²) in [5, 5.41) is -0.0464. The third kappa shape index (κ3) is 2.46. The van der Waals surface area contributed by atoms with Crippen molar-refractivity contribution < 1.29 is 0 Å². The number of imidazole rings is 1. The Hall–Kier alpha value is -1.02. The Balaban J connectivity index is 2.11. The molecule has 108 valence electrons. The lowest BCUT2D eigenvalue weighted by Crippen LogP contribution is -2.24. The Morgan fingerprint density at radius 3 is 2.45 bits per heavy atom. The predicted molar refractivity (Wildman–Crippen MR) is 85.2 cm³/mol. The van der Waals surface area contributed by atoms with Gasteiger partial charge in [-0.1, -0.05) is 26.0 Å². The highest BCUT2D eigenvalue weighted by atomic mass is 35.5. The normalized spacial score (nSPS) is 28.7. The zero-order valence-corrected chi connectivity index (χ0v) is 13.3. The minimum absolute atomic E-state index is 0.0464. The van der Waals surface area contributed by atoms with Gasteiger partial charge in [0, 0.05) is 6.04 Å². The van der Waals surface area contributed by atoms with Gasteiger partial charge in [-0.15, -0.1) is 11.6 Å². The molecule has 1 aromatic heterocycles. The van der Waals surface area contributed by atoms with Gasteiger partial charge in [0.15, 0.2) is 0 Å². The van der Waals surface area contributed by atoms with Gasteiger partial charge in [0.25, 0.3) is 0 Å². The van der Waals surface area contributed by atoms with Crippen LogP contribution in [-0.2, 0) is 0 Å². The summed E-state index contributed by atoms with van der Waals surface area (Å²) < 4.78 is 2.42. The van der Waals surface area contributed by atoms with E-state index >= 15 is 0 Å². The van der Waals surface area contributed by atoms with Crippen LogP contribution in [0.3, 0.4) is 0 Å². The average Bonchev–Trinajstić information content (AvgIpc) is 2.77. The van der Waals surface area contributed by atoms with Gasteiger partial charge >= 0.3 is 0 Å². The highest BCUT2D eigenvalue weighted by molar-refractivity contribution is 6.20. The number of hydrogen-bond acceptors (Lipinski definition) is 1. The summed E-state index contributed by atoms with van der Waals surface area (Å²) in [4.78, 5) is 4.77. The first-order chi connectivity index (χ1) is 9.56. The van der Waals surface area contributed by atoms with Crippen LogP contribution in [-0.4, -0.2) is 9.55 Å².